The standard InChI is InChI=1S/C7H11BrN2S/c1-7(2,5-11)10-4-6(8)3-9-10/h3-4,11H,5H2,1-2H3. The summed E-state index contributed by atoms with van der Waals surface area (Å²) in [6.45, 7) is 4.19. The van der Waals surface area contributed by atoms with E-state index in [4.69, 9.17) is 0 Å². The third kappa shape index (κ3) is 1.99. The average molecular weight is 235 g/mol. The number of rotatable bonds is 2. The van der Waals surface area contributed by atoms with Crippen molar-refractivity contribution in [3.05, 3.63) is 16.9 Å². The van der Waals surface area contributed by atoms with Gasteiger partial charge in [0.25, 0.3) is 0 Å². The Labute approximate surface area is 80.5 Å². The van der Waals surface area contributed by atoms with Gasteiger partial charge in [0.05, 0.1) is 16.2 Å². The molecule has 1 aromatic rings. The maximum atomic E-state index is 4.25. The fraction of sp³-hybridized carbons (Fsp3) is 0.571. The maximum absolute atomic E-state index is 4.25. The summed E-state index contributed by atoms with van der Waals surface area (Å²) in [5.41, 5.74) is -0.00483. The van der Waals surface area contributed by atoms with Crippen molar-refractivity contribution >= 4 is 28.6 Å². The van der Waals surface area contributed by atoms with Crippen LogP contribution in [0.5, 0.6) is 0 Å². The molecule has 0 fully saturated rings. The molecule has 0 aliphatic rings. The molecule has 0 saturated heterocycles. The van der Waals surface area contributed by atoms with Gasteiger partial charge in [-0.25, -0.2) is 0 Å². The van der Waals surface area contributed by atoms with E-state index >= 15 is 0 Å². The quantitative estimate of drug-likeness (QED) is 0.779. The van der Waals surface area contributed by atoms with Crippen molar-refractivity contribution in [1.29, 1.82) is 0 Å². The molecule has 0 aliphatic carbocycles. The SMILES string of the molecule is CC(C)(CS)n1cc(Br)cn1. The molecule has 0 amide bonds. The van der Waals surface area contributed by atoms with Crippen molar-refractivity contribution in [1.82, 2.24) is 9.78 Å². The average Bonchev–Trinajstić information content (AvgIpc) is 2.36. The van der Waals surface area contributed by atoms with E-state index in [9.17, 15) is 0 Å². The van der Waals surface area contributed by atoms with Crippen molar-refractivity contribution in [3.8, 4) is 0 Å². The molecule has 0 spiro atoms. The Balaban J connectivity index is 2.92. The summed E-state index contributed by atoms with van der Waals surface area (Å²) in [5, 5.41) is 4.18. The van der Waals surface area contributed by atoms with Crippen molar-refractivity contribution in [2.45, 2.75) is 19.4 Å². The number of hydrogen-bond acceptors (Lipinski definition) is 2. The molecule has 4 heteroatoms. The summed E-state index contributed by atoms with van der Waals surface area (Å²) in [7, 11) is 0. The molecular formula is C7H11BrN2S. The van der Waals surface area contributed by atoms with Gasteiger partial charge in [-0.2, -0.15) is 17.7 Å². The molecule has 1 aromatic heterocycles. The van der Waals surface area contributed by atoms with E-state index in [0.717, 1.165) is 10.2 Å². The molecule has 0 aliphatic heterocycles. The zero-order valence-electron chi connectivity index (χ0n) is 6.58. The van der Waals surface area contributed by atoms with Crippen LogP contribution in [0.1, 0.15) is 13.8 Å². The predicted molar refractivity (Wildman–Crippen MR) is 53.1 cm³/mol. The molecule has 0 unspecified atom stereocenters. The largest absolute Gasteiger partial charge is 0.265 e. The van der Waals surface area contributed by atoms with Gasteiger partial charge in [-0.1, -0.05) is 0 Å². The number of hydrogen-bond donors (Lipinski definition) is 1. The first-order valence-electron chi connectivity index (χ1n) is 3.38. The molecule has 2 nitrogen and oxygen atoms in total. The summed E-state index contributed by atoms with van der Waals surface area (Å²) in [5.74, 6) is 0.779. The van der Waals surface area contributed by atoms with Crippen molar-refractivity contribution in [3.63, 3.8) is 0 Å². The molecule has 0 saturated carbocycles. The minimum absolute atomic E-state index is 0.00483. The minimum Gasteiger partial charge on any atom is -0.265 e. The molecule has 1 heterocycles. The number of thiol groups is 1. The first-order valence-corrected chi connectivity index (χ1v) is 4.80. The molecule has 0 atom stereocenters. The van der Waals surface area contributed by atoms with Gasteiger partial charge in [0.15, 0.2) is 0 Å². The molecule has 11 heavy (non-hydrogen) atoms. The zero-order valence-corrected chi connectivity index (χ0v) is 9.06. The smallest absolute Gasteiger partial charge is 0.0659 e. The zero-order chi connectivity index (χ0) is 8.48. The van der Waals surface area contributed by atoms with Crippen molar-refractivity contribution < 1.29 is 0 Å². The molecule has 0 aromatic carbocycles. The summed E-state index contributed by atoms with van der Waals surface area (Å²) in [4.78, 5) is 0. The van der Waals surface area contributed by atoms with E-state index in [2.05, 4.69) is 47.5 Å². The Hall–Kier alpha value is 0.0400. The lowest BCUT2D eigenvalue weighted by atomic mass is 10.1. The van der Waals surface area contributed by atoms with Crippen LogP contribution in [-0.2, 0) is 5.54 Å². The van der Waals surface area contributed by atoms with Gasteiger partial charge < -0.3 is 0 Å². The van der Waals surface area contributed by atoms with Gasteiger partial charge in [-0.15, -0.1) is 0 Å². The van der Waals surface area contributed by atoms with Crippen LogP contribution in [0, 0.1) is 0 Å². The Bertz CT molecular complexity index is 244. The lowest BCUT2D eigenvalue weighted by molar-refractivity contribution is 0.364. The highest BCUT2D eigenvalue weighted by molar-refractivity contribution is 9.10. The Morgan fingerprint density at radius 1 is 1.73 bits per heavy atom. The van der Waals surface area contributed by atoms with Gasteiger partial charge in [-0.3, -0.25) is 4.68 Å². The molecule has 62 valence electrons. The molecule has 0 N–H and O–H groups in total. The highest BCUT2D eigenvalue weighted by Gasteiger charge is 2.18. The Morgan fingerprint density at radius 3 is 2.73 bits per heavy atom. The molecule has 0 bridgehead atoms. The summed E-state index contributed by atoms with van der Waals surface area (Å²) >= 11 is 7.59. The fourth-order valence-corrected chi connectivity index (χ4v) is 1.13. The second kappa shape index (κ2) is 3.19. The van der Waals surface area contributed by atoms with E-state index in [1.807, 2.05) is 10.9 Å². The number of nitrogens with zero attached hydrogens (tertiary/aromatic N) is 2. The van der Waals surface area contributed by atoms with E-state index < -0.39 is 0 Å². The third-order valence-corrected chi connectivity index (χ3v) is 2.74. The predicted octanol–water partition coefficient (Wildman–Crippen LogP) is 2.31. The summed E-state index contributed by atoms with van der Waals surface area (Å²) in [6, 6.07) is 0. The van der Waals surface area contributed by atoms with Crippen molar-refractivity contribution in [2.24, 2.45) is 0 Å². The highest BCUT2D eigenvalue weighted by Crippen LogP contribution is 2.18. The number of halogens is 1. The highest BCUT2D eigenvalue weighted by atomic mass is 79.9. The van der Waals surface area contributed by atoms with Crippen LogP contribution in [0.15, 0.2) is 16.9 Å². The van der Waals surface area contributed by atoms with E-state index in [0.29, 0.717) is 0 Å². The Kier molecular flexibility index (Phi) is 2.65. The Morgan fingerprint density at radius 2 is 2.36 bits per heavy atom. The maximum Gasteiger partial charge on any atom is 0.0659 e. The van der Waals surface area contributed by atoms with Gasteiger partial charge in [0.2, 0.25) is 0 Å². The second-order valence-corrected chi connectivity index (χ2v) is 4.31. The lowest BCUT2D eigenvalue weighted by Gasteiger charge is -2.22. The normalized spacial score (nSPS) is 12.0. The van der Waals surface area contributed by atoms with Crippen LogP contribution in [0.3, 0.4) is 0 Å². The first-order chi connectivity index (χ1) is 5.06. The summed E-state index contributed by atoms with van der Waals surface area (Å²) in [6.07, 6.45) is 3.74. The van der Waals surface area contributed by atoms with Gasteiger partial charge in [0.1, 0.15) is 0 Å². The van der Waals surface area contributed by atoms with Crippen molar-refractivity contribution in [2.75, 3.05) is 5.75 Å². The topological polar surface area (TPSA) is 17.8 Å². The number of aromatic nitrogens is 2. The van der Waals surface area contributed by atoms with Crippen LogP contribution in [-0.4, -0.2) is 15.5 Å². The first kappa shape index (κ1) is 9.13. The molecular weight excluding hydrogens is 224 g/mol. The van der Waals surface area contributed by atoms with Crippen LogP contribution < -0.4 is 0 Å². The van der Waals surface area contributed by atoms with Gasteiger partial charge >= 0.3 is 0 Å². The van der Waals surface area contributed by atoms with Gasteiger partial charge in [-0.05, 0) is 29.8 Å². The van der Waals surface area contributed by atoms with Gasteiger partial charge in [0, 0.05) is 11.9 Å². The van der Waals surface area contributed by atoms with Crippen LogP contribution in [0.2, 0.25) is 0 Å². The van der Waals surface area contributed by atoms with E-state index in [1.54, 1.807) is 6.20 Å². The van der Waals surface area contributed by atoms with Crippen LogP contribution in [0.25, 0.3) is 0 Å². The molecule has 0 radical (unpaired) electrons. The van der Waals surface area contributed by atoms with Crippen LogP contribution in [0.4, 0.5) is 0 Å². The van der Waals surface area contributed by atoms with Crippen LogP contribution >= 0.6 is 28.6 Å². The summed E-state index contributed by atoms with van der Waals surface area (Å²) < 4.78 is 2.91. The third-order valence-electron chi connectivity index (χ3n) is 1.56. The fourth-order valence-electron chi connectivity index (χ4n) is 0.704. The molecule has 1 rings (SSSR count). The minimum atomic E-state index is -0.00483. The monoisotopic (exact) mass is 234 g/mol. The van der Waals surface area contributed by atoms with E-state index in [-0.39, 0.29) is 5.54 Å². The second-order valence-electron chi connectivity index (χ2n) is 3.07. The van der Waals surface area contributed by atoms with E-state index in [1.165, 1.54) is 0 Å². The lowest BCUT2D eigenvalue weighted by Crippen LogP contribution is -2.28.